The first-order chi connectivity index (χ1) is 11.7. The van der Waals surface area contributed by atoms with E-state index < -0.39 is 6.09 Å². The molecule has 0 saturated heterocycles. The van der Waals surface area contributed by atoms with Crippen LogP contribution in [0.3, 0.4) is 0 Å². The fourth-order valence-electron chi connectivity index (χ4n) is 2.61. The molecule has 0 saturated carbocycles. The Morgan fingerprint density at radius 3 is 2.83 bits per heavy atom. The normalized spacial score (nSPS) is 12.6. The van der Waals surface area contributed by atoms with Gasteiger partial charge in [-0.25, -0.2) is 10.2 Å². The average Bonchev–Trinajstić information content (AvgIpc) is 2.90. The first-order valence-corrected chi connectivity index (χ1v) is 7.23. The van der Waals surface area contributed by atoms with E-state index in [1.165, 1.54) is 0 Å². The van der Waals surface area contributed by atoms with E-state index in [2.05, 4.69) is 20.8 Å². The molecule has 0 fully saturated rings. The minimum absolute atomic E-state index is 0.338. The highest BCUT2D eigenvalue weighted by Crippen LogP contribution is 2.27. The Morgan fingerprint density at radius 2 is 2.00 bits per heavy atom. The summed E-state index contributed by atoms with van der Waals surface area (Å²) in [7, 11) is 0. The van der Waals surface area contributed by atoms with Gasteiger partial charge in [0.1, 0.15) is 5.75 Å². The van der Waals surface area contributed by atoms with Crippen molar-refractivity contribution in [2.75, 3.05) is 5.32 Å². The SMILES string of the molecule is O=C(Nc1cc2c3c(c[nH]c3c1)C=NNC2=O)Oc1ccccc1. The molecule has 2 heterocycles. The molecule has 2 amide bonds. The molecular weight excluding hydrogens is 308 g/mol. The van der Waals surface area contributed by atoms with Gasteiger partial charge in [-0.2, -0.15) is 5.10 Å². The highest BCUT2D eigenvalue weighted by atomic mass is 16.6. The van der Waals surface area contributed by atoms with Gasteiger partial charge in [-0.1, -0.05) is 18.2 Å². The minimum atomic E-state index is -0.634. The highest BCUT2D eigenvalue weighted by molar-refractivity contribution is 6.15. The van der Waals surface area contributed by atoms with Crippen LogP contribution in [0.5, 0.6) is 5.75 Å². The zero-order valence-corrected chi connectivity index (χ0v) is 12.4. The number of hydrogen-bond acceptors (Lipinski definition) is 4. The second-order valence-electron chi connectivity index (χ2n) is 5.22. The summed E-state index contributed by atoms with van der Waals surface area (Å²) in [6.07, 6.45) is 2.69. The molecule has 1 aliphatic rings. The van der Waals surface area contributed by atoms with Gasteiger partial charge >= 0.3 is 6.09 Å². The summed E-state index contributed by atoms with van der Waals surface area (Å²) >= 11 is 0. The number of carbonyl (C=O) groups is 2. The van der Waals surface area contributed by atoms with Crippen LogP contribution in [0.25, 0.3) is 10.9 Å². The Bertz CT molecular complexity index is 976. The molecule has 7 nitrogen and oxygen atoms in total. The number of nitrogens with zero attached hydrogens (tertiary/aromatic N) is 1. The number of aromatic amines is 1. The number of nitrogens with one attached hydrogen (secondary N) is 3. The van der Waals surface area contributed by atoms with E-state index in [1.54, 1.807) is 48.8 Å². The van der Waals surface area contributed by atoms with E-state index >= 15 is 0 Å². The first kappa shape index (κ1) is 14.0. The third-order valence-corrected chi connectivity index (χ3v) is 3.62. The molecule has 0 spiro atoms. The molecule has 0 aliphatic carbocycles. The van der Waals surface area contributed by atoms with Crippen molar-refractivity contribution >= 4 is 34.8 Å². The molecule has 3 N–H and O–H groups in total. The number of amides is 2. The first-order valence-electron chi connectivity index (χ1n) is 7.23. The molecule has 24 heavy (non-hydrogen) atoms. The quantitative estimate of drug-likeness (QED) is 0.677. The topological polar surface area (TPSA) is 95.6 Å². The lowest BCUT2D eigenvalue weighted by molar-refractivity contribution is 0.0957. The Morgan fingerprint density at radius 1 is 1.17 bits per heavy atom. The van der Waals surface area contributed by atoms with Gasteiger partial charge in [0.25, 0.3) is 5.91 Å². The summed E-state index contributed by atoms with van der Waals surface area (Å²) < 4.78 is 5.19. The van der Waals surface area contributed by atoms with Crippen LogP contribution in [-0.4, -0.2) is 23.2 Å². The summed E-state index contributed by atoms with van der Waals surface area (Å²) in [6, 6.07) is 12.1. The van der Waals surface area contributed by atoms with E-state index in [0.29, 0.717) is 17.0 Å². The van der Waals surface area contributed by atoms with Crippen molar-refractivity contribution in [2.24, 2.45) is 5.10 Å². The summed E-state index contributed by atoms with van der Waals surface area (Å²) in [5.41, 5.74) is 4.83. The maximum absolute atomic E-state index is 12.1. The maximum atomic E-state index is 12.1. The molecule has 1 aliphatic heterocycles. The Kier molecular flexibility index (Phi) is 3.24. The van der Waals surface area contributed by atoms with Crippen LogP contribution in [0, 0.1) is 0 Å². The second-order valence-corrected chi connectivity index (χ2v) is 5.22. The standard InChI is InChI=1S/C17H12N4O3/c22-16-13-6-11(20-17(23)24-12-4-2-1-3-5-12)7-14-15(13)10(8-18-14)9-19-21-16/h1-9,18H,(H,20,23)(H,21,22). The van der Waals surface area contributed by atoms with Gasteiger partial charge in [0.05, 0.1) is 11.8 Å². The van der Waals surface area contributed by atoms with E-state index in [-0.39, 0.29) is 5.91 Å². The van der Waals surface area contributed by atoms with Crippen LogP contribution in [0.1, 0.15) is 15.9 Å². The van der Waals surface area contributed by atoms with Gasteiger partial charge in [0.15, 0.2) is 0 Å². The van der Waals surface area contributed by atoms with Gasteiger partial charge in [0, 0.05) is 28.4 Å². The minimum Gasteiger partial charge on any atom is -0.410 e. The lowest BCUT2D eigenvalue weighted by atomic mass is 10.1. The van der Waals surface area contributed by atoms with Crippen LogP contribution in [0.15, 0.2) is 53.8 Å². The van der Waals surface area contributed by atoms with Crippen LogP contribution in [-0.2, 0) is 0 Å². The smallest absolute Gasteiger partial charge is 0.410 e. The lowest BCUT2D eigenvalue weighted by Gasteiger charge is -2.09. The van der Waals surface area contributed by atoms with Crippen molar-refractivity contribution in [2.45, 2.75) is 0 Å². The van der Waals surface area contributed by atoms with E-state index in [0.717, 1.165) is 16.5 Å². The number of hydrogen-bond donors (Lipinski definition) is 3. The molecule has 0 unspecified atom stereocenters. The van der Waals surface area contributed by atoms with Gasteiger partial charge in [-0.05, 0) is 24.3 Å². The van der Waals surface area contributed by atoms with Crippen LogP contribution in [0.2, 0.25) is 0 Å². The fraction of sp³-hybridized carbons (Fsp3) is 0. The van der Waals surface area contributed by atoms with Crippen molar-refractivity contribution in [3.8, 4) is 5.75 Å². The van der Waals surface area contributed by atoms with Gasteiger partial charge in [-0.15, -0.1) is 0 Å². The number of H-pyrrole nitrogens is 1. The van der Waals surface area contributed by atoms with E-state index in [9.17, 15) is 9.59 Å². The fourth-order valence-corrected chi connectivity index (χ4v) is 2.61. The van der Waals surface area contributed by atoms with Crippen molar-refractivity contribution in [1.82, 2.24) is 10.4 Å². The van der Waals surface area contributed by atoms with Crippen LogP contribution >= 0.6 is 0 Å². The number of anilines is 1. The Labute approximate surface area is 136 Å². The zero-order chi connectivity index (χ0) is 16.5. The molecule has 1 aromatic heterocycles. The molecule has 2 aromatic carbocycles. The molecular formula is C17H12N4O3. The van der Waals surface area contributed by atoms with Gasteiger partial charge in [0.2, 0.25) is 0 Å². The zero-order valence-electron chi connectivity index (χ0n) is 12.4. The summed E-state index contributed by atoms with van der Waals surface area (Å²) in [6.45, 7) is 0. The summed E-state index contributed by atoms with van der Waals surface area (Å²) in [5, 5.41) is 7.24. The number of rotatable bonds is 2. The average molecular weight is 320 g/mol. The third-order valence-electron chi connectivity index (χ3n) is 3.62. The number of benzene rings is 2. The molecule has 0 bridgehead atoms. The van der Waals surface area contributed by atoms with E-state index in [1.807, 2.05) is 6.07 Å². The van der Waals surface area contributed by atoms with Crippen molar-refractivity contribution in [1.29, 1.82) is 0 Å². The number of para-hydroxylation sites is 1. The van der Waals surface area contributed by atoms with Crippen molar-refractivity contribution in [3.63, 3.8) is 0 Å². The van der Waals surface area contributed by atoms with Crippen molar-refractivity contribution < 1.29 is 14.3 Å². The molecule has 0 radical (unpaired) electrons. The molecule has 3 aromatic rings. The molecule has 0 atom stereocenters. The summed E-state index contributed by atoms with van der Waals surface area (Å²) in [5.74, 6) is 0.0946. The van der Waals surface area contributed by atoms with Gasteiger partial charge < -0.3 is 9.72 Å². The predicted molar refractivity (Wildman–Crippen MR) is 89.4 cm³/mol. The van der Waals surface area contributed by atoms with Crippen LogP contribution in [0.4, 0.5) is 10.5 Å². The Balaban J connectivity index is 1.65. The lowest BCUT2D eigenvalue weighted by Crippen LogP contribution is -2.19. The number of ether oxygens (including phenoxy) is 1. The largest absolute Gasteiger partial charge is 0.417 e. The Hall–Kier alpha value is -3.61. The summed E-state index contributed by atoms with van der Waals surface area (Å²) in [4.78, 5) is 27.2. The third kappa shape index (κ3) is 2.48. The molecule has 118 valence electrons. The van der Waals surface area contributed by atoms with Crippen LogP contribution < -0.4 is 15.5 Å². The molecule has 7 heteroatoms. The number of carbonyl (C=O) groups excluding carboxylic acids is 2. The number of hydrazone groups is 1. The monoisotopic (exact) mass is 320 g/mol. The maximum Gasteiger partial charge on any atom is 0.417 e. The predicted octanol–water partition coefficient (Wildman–Crippen LogP) is 2.86. The second kappa shape index (κ2) is 5.54. The molecule has 4 rings (SSSR count). The van der Waals surface area contributed by atoms with E-state index in [4.69, 9.17) is 4.74 Å². The van der Waals surface area contributed by atoms with Crippen molar-refractivity contribution in [3.05, 3.63) is 59.8 Å². The number of aromatic nitrogens is 1. The van der Waals surface area contributed by atoms with Gasteiger partial charge in [-0.3, -0.25) is 10.1 Å². The highest BCUT2D eigenvalue weighted by Gasteiger charge is 2.18.